The van der Waals surface area contributed by atoms with E-state index < -0.39 is 5.69 Å². The van der Waals surface area contributed by atoms with Gasteiger partial charge >= 0.3 is 5.69 Å². The van der Waals surface area contributed by atoms with E-state index in [1.54, 1.807) is 10.8 Å². The molecule has 1 atom stereocenters. The maximum Gasteiger partial charge on any atom is 0.330 e. The van der Waals surface area contributed by atoms with E-state index in [1.807, 2.05) is 13.8 Å². The van der Waals surface area contributed by atoms with Gasteiger partial charge in [0.2, 0.25) is 0 Å². The van der Waals surface area contributed by atoms with Gasteiger partial charge in [0, 0.05) is 30.8 Å². The van der Waals surface area contributed by atoms with Crippen LogP contribution in [0.4, 0.5) is 0 Å². The van der Waals surface area contributed by atoms with Crippen molar-refractivity contribution in [2.45, 2.75) is 65.5 Å². The van der Waals surface area contributed by atoms with E-state index >= 15 is 0 Å². The maximum absolute atomic E-state index is 13.1. The molecular weight excluding hydrogens is 422 g/mol. The van der Waals surface area contributed by atoms with Gasteiger partial charge < -0.3 is 14.2 Å². The summed E-state index contributed by atoms with van der Waals surface area (Å²) >= 11 is 1.54. The summed E-state index contributed by atoms with van der Waals surface area (Å²) in [4.78, 5) is 38.0. The zero-order valence-corrected chi connectivity index (χ0v) is 18.6. The molecule has 3 aromatic rings. The van der Waals surface area contributed by atoms with E-state index in [1.165, 1.54) is 15.9 Å². The maximum atomic E-state index is 13.1. The Balaban J connectivity index is 1.49. The molecule has 0 aliphatic carbocycles. The number of fused-ring (bicyclic) bond motifs is 1. The molecule has 0 aromatic carbocycles. The fraction of sp³-hybridized carbons (Fsp3) is 0.600. The molecule has 1 fully saturated rings. The number of hydrogen-bond acceptors (Lipinski definition) is 8. The quantitative estimate of drug-likeness (QED) is 0.498. The van der Waals surface area contributed by atoms with E-state index in [2.05, 4.69) is 15.0 Å². The lowest BCUT2D eigenvalue weighted by atomic mass is 10.2. The molecule has 0 amide bonds. The van der Waals surface area contributed by atoms with E-state index in [-0.39, 0.29) is 36.7 Å². The molecule has 0 saturated carbocycles. The van der Waals surface area contributed by atoms with Crippen LogP contribution in [0.5, 0.6) is 6.01 Å². The van der Waals surface area contributed by atoms with Gasteiger partial charge in [-0.3, -0.25) is 18.9 Å². The average molecular weight is 450 g/mol. The van der Waals surface area contributed by atoms with Crippen molar-refractivity contribution in [2.75, 3.05) is 13.2 Å². The minimum atomic E-state index is -0.491. The van der Waals surface area contributed by atoms with Crippen molar-refractivity contribution >= 4 is 22.5 Å². The van der Waals surface area contributed by atoms with Crippen molar-refractivity contribution in [3.63, 3.8) is 0 Å². The molecule has 168 valence electrons. The van der Waals surface area contributed by atoms with Gasteiger partial charge in [-0.2, -0.15) is 4.98 Å². The van der Waals surface area contributed by atoms with Crippen molar-refractivity contribution in [1.29, 1.82) is 0 Å². The largest absolute Gasteiger partial charge is 0.457 e. The molecule has 31 heavy (non-hydrogen) atoms. The summed E-state index contributed by atoms with van der Waals surface area (Å²) in [6, 6.07) is 0.286. The van der Waals surface area contributed by atoms with E-state index in [0.29, 0.717) is 31.7 Å². The number of hydrogen-bond donors (Lipinski definition) is 1. The third-order valence-corrected chi connectivity index (χ3v) is 6.01. The fourth-order valence-corrected chi connectivity index (χ4v) is 4.31. The van der Waals surface area contributed by atoms with Crippen LogP contribution in [-0.4, -0.2) is 43.6 Å². The number of nitrogens with one attached hydrogen (secondary N) is 1. The minimum Gasteiger partial charge on any atom is -0.457 e. The first-order valence-corrected chi connectivity index (χ1v) is 11.4. The standard InChI is InChI=1S/C20H27N5O5S/c1-3-24-16-17(23-20(24)30-12-14-21-11-13(2)31-14)22-19(27)25(18(16)26)8-6-10-29-15-7-4-5-9-28-15/h11,15H,3-10,12H2,1-2H3,(H,22,27). The molecule has 3 aromatic heterocycles. The number of thiazole rings is 1. The van der Waals surface area contributed by atoms with Crippen LogP contribution in [-0.2, 0) is 29.2 Å². The van der Waals surface area contributed by atoms with Crippen molar-refractivity contribution in [3.05, 3.63) is 36.9 Å². The predicted octanol–water partition coefficient (Wildman–Crippen LogP) is 2.18. The second-order valence-electron chi connectivity index (χ2n) is 7.40. The lowest BCUT2D eigenvalue weighted by Crippen LogP contribution is -2.36. The van der Waals surface area contributed by atoms with Crippen LogP contribution < -0.4 is 16.0 Å². The van der Waals surface area contributed by atoms with Crippen LogP contribution in [0.1, 0.15) is 42.5 Å². The summed E-state index contributed by atoms with van der Waals surface area (Å²) in [5.41, 5.74) is -0.328. The van der Waals surface area contributed by atoms with Crippen molar-refractivity contribution in [3.8, 4) is 6.01 Å². The van der Waals surface area contributed by atoms with Crippen LogP contribution in [0.15, 0.2) is 15.8 Å². The van der Waals surface area contributed by atoms with Crippen LogP contribution in [0.2, 0.25) is 0 Å². The molecule has 0 bridgehead atoms. The lowest BCUT2D eigenvalue weighted by Gasteiger charge is -2.22. The number of ether oxygens (including phenoxy) is 3. The number of H-pyrrole nitrogens is 1. The summed E-state index contributed by atoms with van der Waals surface area (Å²) in [5, 5.41) is 0.819. The second kappa shape index (κ2) is 9.75. The van der Waals surface area contributed by atoms with Crippen molar-refractivity contribution < 1.29 is 14.2 Å². The minimum absolute atomic E-state index is 0.186. The Bertz CT molecular complexity index is 1140. The van der Waals surface area contributed by atoms with Crippen molar-refractivity contribution in [2.24, 2.45) is 0 Å². The zero-order valence-electron chi connectivity index (χ0n) is 17.8. The van der Waals surface area contributed by atoms with Gasteiger partial charge in [-0.25, -0.2) is 9.78 Å². The highest BCUT2D eigenvalue weighted by molar-refractivity contribution is 7.11. The first-order valence-electron chi connectivity index (χ1n) is 10.6. The molecular formula is C20H27N5O5S. The van der Waals surface area contributed by atoms with Gasteiger partial charge in [0.25, 0.3) is 11.6 Å². The predicted molar refractivity (Wildman–Crippen MR) is 116 cm³/mol. The molecule has 4 rings (SSSR count). The summed E-state index contributed by atoms with van der Waals surface area (Å²) in [6.45, 7) is 5.99. The first kappa shape index (κ1) is 21.7. The Morgan fingerprint density at radius 2 is 2.19 bits per heavy atom. The van der Waals surface area contributed by atoms with Crippen LogP contribution >= 0.6 is 11.3 Å². The number of aromatic nitrogens is 5. The van der Waals surface area contributed by atoms with Gasteiger partial charge in [0.05, 0.1) is 6.61 Å². The molecule has 0 spiro atoms. The van der Waals surface area contributed by atoms with Crippen LogP contribution in [0.25, 0.3) is 11.2 Å². The molecule has 1 aliphatic heterocycles. The molecule has 10 nitrogen and oxygen atoms in total. The summed E-state index contributed by atoms with van der Waals surface area (Å²) in [7, 11) is 0. The molecule has 0 radical (unpaired) electrons. The van der Waals surface area contributed by atoms with E-state index in [9.17, 15) is 9.59 Å². The average Bonchev–Trinajstić information content (AvgIpc) is 3.34. The van der Waals surface area contributed by atoms with Gasteiger partial charge in [-0.1, -0.05) is 0 Å². The Morgan fingerprint density at radius 3 is 2.90 bits per heavy atom. The molecule has 1 N–H and O–H groups in total. The summed E-state index contributed by atoms with van der Waals surface area (Å²) < 4.78 is 19.9. The van der Waals surface area contributed by atoms with Gasteiger partial charge in [-0.15, -0.1) is 11.3 Å². The van der Waals surface area contributed by atoms with E-state index in [4.69, 9.17) is 14.2 Å². The lowest BCUT2D eigenvalue weighted by molar-refractivity contribution is -0.163. The van der Waals surface area contributed by atoms with Crippen LogP contribution in [0.3, 0.4) is 0 Å². The highest BCUT2D eigenvalue weighted by Gasteiger charge is 2.19. The topological polar surface area (TPSA) is 113 Å². The third-order valence-electron chi connectivity index (χ3n) is 5.13. The number of rotatable bonds is 9. The highest BCUT2D eigenvalue weighted by Crippen LogP contribution is 2.19. The van der Waals surface area contributed by atoms with Gasteiger partial charge in [0.1, 0.15) is 11.6 Å². The number of imidazole rings is 1. The van der Waals surface area contributed by atoms with E-state index in [0.717, 1.165) is 29.1 Å². The van der Waals surface area contributed by atoms with Gasteiger partial charge in [-0.05, 0) is 39.5 Å². The zero-order chi connectivity index (χ0) is 21.8. The summed E-state index contributed by atoms with van der Waals surface area (Å²) in [5.74, 6) is 0. The molecule has 1 saturated heterocycles. The smallest absolute Gasteiger partial charge is 0.330 e. The Kier molecular flexibility index (Phi) is 6.83. The molecule has 11 heteroatoms. The fourth-order valence-electron chi connectivity index (χ4n) is 3.61. The third kappa shape index (κ3) is 4.89. The SMILES string of the molecule is CCn1c(OCc2ncc(C)s2)nc2[nH]c(=O)n(CCCOC3CCCCO3)c(=O)c21. The Morgan fingerprint density at radius 1 is 1.32 bits per heavy atom. The number of aromatic amines is 1. The number of nitrogens with zero attached hydrogens (tertiary/aromatic N) is 4. The molecule has 1 unspecified atom stereocenters. The highest BCUT2D eigenvalue weighted by atomic mass is 32.1. The Hall–Kier alpha value is -2.50. The molecule has 1 aliphatic rings. The normalized spacial score (nSPS) is 16.8. The van der Waals surface area contributed by atoms with Gasteiger partial charge in [0.15, 0.2) is 17.5 Å². The second-order valence-corrected chi connectivity index (χ2v) is 8.72. The number of aryl methyl sites for hydroxylation is 2. The first-order chi connectivity index (χ1) is 15.1. The van der Waals surface area contributed by atoms with Crippen LogP contribution in [0, 0.1) is 6.92 Å². The Labute approximate surface area is 182 Å². The van der Waals surface area contributed by atoms with Crippen molar-refractivity contribution in [1.82, 2.24) is 24.1 Å². The monoisotopic (exact) mass is 449 g/mol. The molecule has 4 heterocycles. The summed E-state index contributed by atoms with van der Waals surface area (Å²) in [6.07, 6.45) is 5.16.